The molecule has 1 fully saturated rings. The van der Waals surface area contributed by atoms with Gasteiger partial charge in [-0.15, -0.1) is 0 Å². The van der Waals surface area contributed by atoms with Gasteiger partial charge in [-0.25, -0.2) is 4.68 Å². The van der Waals surface area contributed by atoms with Crippen molar-refractivity contribution in [2.45, 2.75) is 70.8 Å². The van der Waals surface area contributed by atoms with Gasteiger partial charge in [-0.3, -0.25) is 14.5 Å². The number of nitrogens with zero attached hydrogens (tertiary/aromatic N) is 3. The average Bonchev–Trinajstić information content (AvgIpc) is 3.13. The number of anilines is 2. The highest BCUT2D eigenvalue weighted by Crippen LogP contribution is 2.33. The predicted octanol–water partition coefficient (Wildman–Crippen LogP) is 4.39. The molecule has 2 heterocycles. The second-order valence-electron chi connectivity index (χ2n) is 8.27. The van der Waals surface area contributed by atoms with Crippen molar-refractivity contribution >= 4 is 23.3 Å². The summed E-state index contributed by atoms with van der Waals surface area (Å²) in [6.45, 7) is 3.46. The fraction of sp³-hybridized carbons (Fsp3) is 0.522. The van der Waals surface area contributed by atoms with E-state index in [-0.39, 0.29) is 24.7 Å². The van der Waals surface area contributed by atoms with E-state index in [1.807, 2.05) is 29.8 Å². The van der Waals surface area contributed by atoms with Crippen LogP contribution in [-0.4, -0.2) is 28.1 Å². The van der Waals surface area contributed by atoms with Crippen molar-refractivity contribution in [3.63, 3.8) is 0 Å². The summed E-state index contributed by atoms with van der Waals surface area (Å²) in [5, 5.41) is 7.35. The molecule has 1 aliphatic heterocycles. The number of carbonyl (C=O) groups is 2. The van der Waals surface area contributed by atoms with Crippen LogP contribution in [0.2, 0.25) is 0 Å². The number of nitrogens with one attached hydrogen (secondary N) is 1. The summed E-state index contributed by atoms with van der Waals surface area (Å²) >= 11 is 0. The molecule has 1 saturated carbocycles. The van der Waals surface area contributed by atoms with E-state index in [2.05, 4.69) is 22.5 Å². The van der Waals surface area contributed by atoms with Gasteiger partial charge >= 0.3 is 0 Å². The van der Waals surface area contributed by atoms with E-state index < -0.39 is 0 Å². The van der Waals surface area contributed by atoms with Gasteiger partial charge in [0.25, 0.3) is 0 Å². The second kappa shape index (κ2) is 8.80. The molecule has 0 bridgehead atoms. The fourth-order valence-corrected chi connectivity index (χ4v) is 4.51. The fourth-order valence-electron chi connectivity index (χ4n) is 4.51. The van der Waals surface area contributed by atoms with Crippen molar-refractivity contribution in [2.24, 2.45) is 0 Å². The monoisotopic (exact) mass is 394 g/mol. The van der Waals surface area contributed by atoms with E-state index in [1.54, 1.807) is 4.90 Å². The Balaban J connectivity index is 1.28. The Morgan fingerprint density at radius 2 is 1.79 bits per heavy atom. The van der Waals surface area contributed by atoms with Crippen molar-refractivity contribution in [3.8, 4) is 0 Å². The quantitative estimate of drug-likeness (QED) is 0.818. The normalized spacial score (nSPS) is 17.1. The Hall–Kier alpha value is -2.63. The van der Waals surface area contributed by atoms with Crippen LogP contribution in [0.3, 0.4) is 0 Å². The van der Waals surface area contributed by atoms with Gasteiger partial charge in [-0.2, -0.15) is 5.10 Å². The molecule has 2 amide bonds. The van der Waals surface area contributed by atoms with Gasteiger partial charge in [0.15, 0.2) is 0 Å². The summed E-state index contributed by atoms with van der Waals surface area (Å²) in [7, 11) is 0. The van der Waals surface area contributed by atoms with Crippen molar-refractivity contribution in [3.05, 3.63) is 41.6 Å². The van der Waals surface area contributed by atoms with Crippen molar-refractivity contribution in [1.29, 1.82) is 0 Å². The zero-order valence-corrected chi connectivity index (χ0v) is 17.2. The molecule has 0 radical (unpaired) electrons. The molecule has 1 aromatic carbocycles. The predicted molar refractivity (Wildman–Crippen MR) is 114 cm³/mol. The van der Waals surface area contributed by atoms with E-state index >= 15 is 0 Å². The van der Waals surface area contributed by atoms with E-state index in [0.29, 0.717) is 12.5 Å². The molecule has 0 atom stereocenters. The van der Waals surface area contributed by atoms with Crippen molar-refractivity contribution in [1.82, 2.24) is 9.78 Å². The van der Waals surface area contributed by atoms with Crippen molar-refractivity contribution < 1.29 is 9.59 Å². The first-order valence-corrected chi connectivity index (χ1v) is 10.8. The SMILES string of the molecule is Cc1cc2n(n1)CCCN2C(=O)CCC(=O)Nc1ccc(C2CCCCC2)cc1. The molecule has 0 saturated heterocycles. The molecule has 2 aromatic rings. The number of rotatable bonds is 5. The summed E-state index contributed by atoms with van der Waals surface area (Å²) < 4.78 is 1.88. The number of fused-ring (bicyclic) bond motifs is 1. The van der Waals surface area contributed by atoms with Gasteiger partial charge in [-0.05, 0) is 49.8 Å². The van der Waals surface area contributed by atoms with Gasteiger partial charge in [0.1, 0.15) is 5.82 Å². The third kappa shape index (κ3) is 4.69. The molecule has 1 N–H and O–H groups in total. The Morgan fingerprint density at radius 1 is 1.03 bits per heavy atom. The number of hydrogen-bond acceptors (Lipinski definition) is 3. The third-order valence-corrected chi connectivity index (χ3v) is 6.05. The number of hydrogen-bond donors (Lipinski definition) is 1. The van der Waals surface area contributed by atoms with Crippen LogP contribution in [0.5, 0.6) is 0 Å². The first-order valence-electron chi connectivity index (χ1n) is 10.8. The number of carbonyl (C=O) groups excluding carboxylic acids is 2. The molecule has 154 valence electrons. The molecule has 0 unspecified atom stereocenters. The molecular formula is C23H30N4O2. The molecular weight excluding hydrogens is 364 g/mol. The van der Waals surface area contributed by atoms with Gasteiger partial charge < -0.3 is 5.32 Å². The van der Waals surface area contributed by atoms with Gasteiger partial charge in [0.2, 0.25) is 11.8 Å². The molecule has 6 heteroatoms. The van der Waals surface area contributed by atoms with E-state index in [4.69, 9.17) is 0 Å². The highest BCUT2D eigenvalue weighted by atomic mass is 16.2. The minimum Gasteiger partial charge on any atom is -0.326 e. The van der Waals surface area contributed by atoms with Crippen LogP contribution in [-0.2, 0) is 16.1 Å². The van der Waals surface area contributed by atoms with Gasteiger partial charge in [0.05, 0.1) is 5.69 Å². The third-order valence-electron chi connectivity index (χ3n) is 6.05. The maximum absolute atomic E-state index is 12.7. The smallest absolute Gasteiger partial charge is 0.228 e. The molecule has 0 spiro atoms. The maximum Gasteiger partial charge on any atom is 0.228 e. The van der Waals surface area contributed by atoms with Gasteiger partial charge in [0, 0.05) is 37.7 Å². The van der Waals surface area contributed by atoms with Crippen LogP contribution in [0.1, 0.15) is 68.5 Å². The molecule has 29 heavy (non-hydrogen) atoms. The van der Waals surface area contributed by atoms with Crippen LogP contribution in [0.4, 0.5) is 11.5 Å². The van der Waals surface area contributed by atoms with Crippen LogP contribution in [0.25, 0.3) is 0 Å². The number of aromatic nitrogens is 2. The number of benzene rings is 1. The van der Waals surface area contributed by atoms with Crippen molar-refractivity contribution in [2.75, 3.05) is 16.8 Å². The number of amides is 2. The molecule has 4 rings (SSSR count). The minimum atomic E-state index is -0.120. The highest BCUT2D eigenvalue weighted by Gasteiger charge is 2.24. The Bertz CT molecular complexity index is 866. The summed E-state index contributed by atoms with van der Waals surface area (Å²) in [5.41, 5.74) is 3.08. The summed E-state index contributed by atoms with van der Waals surface area (Å²) in [6, 6.07) is 10.2. The van der Waals surface area contributed by atoms with Gasteiger partial charge in [-0.1, -0.05) is 31.4 Å². The van der Waals surface area contributed by atoms with Crippen LogP contribution in [0, 0.1) is 6.92 Å². The Kier molecular flexibility index (Phi) is 5.97. The second-order valence-corrected chi connectivity index (χ2v) is 8.27. The van der Waals surface area contributed by atoms with E-state index in [9.17, 15) is 9.59 Å². The summed E-state index contributed by atoms with van der Waals surface area (Å²) in [5.74, 6) is 1.37. The minimum absolute atomic E-state index is 0.0198. The average molecular weight is 395 g/mol. The standard InChI is InChI=1S/C23H30N4O2/c1-17-16-22-26(14-5-15-27(22)25-17)23(29)13-12-21(28)24-20-10-8-19(9-11-20)18-6-3-2-4-7-18/h8-11,16,18H,2-7,12-15H2,1H3,(H,24,28). The van der Waals surface area contributed by atoms with Crippen LogP contribution in [0.15, 0.2) is 30.3 Å². The largest absolute Gasteiger partial charge is 0.326 e. The zero-order valence-electron chi connectivity index (χ0n) is 17.2. The lowest BCUT2D eigenvalue weighted by Crippen LogP contribution is -2.37. The summed E-state index contributed by atoms with van der Waals surface area (Å²) in [6.07, 6.45) is 7.79. The van der Waals surface area contributed by atoms with Crippen LogP contribution >= 0.6 is 0 Å². The lowest BCUT2D eigenvalue weighted by Gasteiger charge is -2.27. The zero-order chi connectivity index (χ0) is 20.2. The first-order chi connectivity index (χ1) is 14.1. The molecule has 1 aliphatic carbocycles. The lowest BCUT2D eigenvalue weighted by atomic mass is 9.84. The number of aryl methyl sites for hydroxylation is 2. The van der Waals surface area contributed by atoms with Crippen LogP contribution < -0.4 is 10.2 Å². The van der Waals surface area contributed by atoms with E-state index in [0.717, 1.165) is 30.2 Å². The Labute approximate surface area is 172 Å². The molecule has 6 nitrogen and oxygen atoms in total. The lowest BCUT2D eigenvalue weighted by molar-refractivity contribution is -0.122. The molecule has 1 aromatic heterocycles. The molecule has 2 aliphatic rings. The topological polar surface area (TPSA) is 67.2 Å². The van der Waals surface area contributed by atoms with E-state index in [1.165, 1.54) is 37.7 Å². The maximum atomic E-state index is 12.7. The Morgan fingerprint density at radius 3 is 2.55 bits per heavy atom. The summed E-state index contributed by atoms with van der Waals surface area (Å²) in [4.78, 5) is 26.7. The highest BCUT2D eigenvalue weighted by molar-refractivity contribution is 5.97. The first kappa shape index (κ1) is 19.7.